The maximum absolute atomic E-state index is 5.39. The second-order valence-corrected chi connectivity index (χ2v) is 3.72. The number of nitrogens with one attached hydrogen (secondary N) is 1. The van der Waals surface area contributed by atoms with Gasteiger partial charge >= 0.3 is 0 Å². The van der Waals surface area contributed by atoms with Crippen LogP contribution >= 0.6 is 0 Å². The van der Waals surface area contributed by atoms with Crippen molar-refractivity contribution in [2.45, 2.75) is 26.3 Å². The molecule has 1 aromatic heterocycles. The SMILES string of the molecule is CC(C)(C)Nc1ccc(N)nn1. The minimum atomic E-state index is 0.00476. The molecule has 0 aliphatic heterocycles. The van der Waals surface area contributed by atoms with Crippen molar-refractivity contribution in [1.29, 1.82) is 0 Å². The number of hydrogen-bond donors (Lipinski definition) is 2. The Morgan fingerprint density at radius 2 is 1.92 bits per heavy atom. The quantitative estimate of drug-likeness (QED) is 0.659. The lowest BCUT2D eigenvalue weighted by molar-refractivity contribution is 0.628. The van der Waals surface area contributed by atoms with Gasteiger partial charge in [0.05, 0.1) is 0 Å². The molecule has 1 aromatic rings. The second kappa shape index (κ2) is 2.97. The molecule has 4 heteroatoms. The Hall–Kier alpha value is -1.32. The molecule has 0 atom stereocenters. The Bertz CT molecular complexity index is 247. The minimum absolute atomic E-state index is 0.00476. The van der Waals surface area contributed by atoms with Crippen molar-refractivity contribution >= 4 is 11.6 Å². The third kappa shape index (κ3) is 2.74. The van der Waals surface area contributed by atoms with Gasteiger partial charge in [-0.05, 0) is 32.9 Å². The number of aromatic nitrogens is 2. The molecule has 0 radical (unpaired) electrons. The van der Waals surface area contributed by atoms with Gasteiger partial charge in [-0.1, -0.05) is 0 Å². The molecule has 0 aromatic carbocycles. The topological polar surface area (TPSA) is 63.8 Å². The summed E-state index contributed by atoms with van der Waals surface area (Å²) in [6.07, 6.45) is 0. The predicted molar refractivity (Wildman–Crippen MR) is 49.8 cm³/mol. The van der Waals surface area contributed by atoms with Crippen LogP contribution in [0.4, 0.5) is 11.6 Å². The van der Waals surface area contributed by atoms with E-state index in [0.29, 0.717) is 5.82 Å². The Morgan fingerprint density at radius 3 is 2.33 bits per heavy atom. The van der Waals surface area contributed by atoms with Gasteiger partial charge in [-0.15, -0.1) is 10.2 Å². The molecule has 0 saturated heterocycles. The smallest absolute Gasteiger partial charge is 0.149 e. The predicted octanol–water partition coefficient (Wildman–Crippen LogP) is 1.27. The molecule has 4 nitrogen and oxygen atoms in total. The number of nitrogens with zero attached hydrogens (tertiary/aromatic N) is 2. The van der Waals surface area contributed by atoms with E-state index in [4.69, 9.17) is 5.73 Å². The normalized spacial score (nSPS) is 11.2. The van der Waals surface area contributed by atoms with Crippen LogP contribution in [-0.4, -0.2) is 15.7 Å². The van der Waals surface area contributed by atoms with Gasteiger partial charge in [0.25, 0.3) is 0 Å². The van der Waals surface area contributed by atoms with Crippen LogP contribution in [0.25, 0.3) is 0 Å². The first kappa shape index (κ1) is 8.77. The van der Waals surface area contributed by atoms with E-state index in [1.807, 2.05) is 6.07 Å². The Kier molecular flexibility index (Phi) is 2.17. The lowest BCUT2D eigenvalue weighted by Crippen LogP contribution is -2.26. The van der Waals surface area contributed by atoms with Gasteiger partial charge in [0.1, 0.15) is 11.6 Å². The van der Waals surface area contributed by atoms with Crippen LogP contribution in [0.5, 0.6) is 0 Å². The highest BCUT2D eigenvalue weighted by molar-refractivity contribution is 5.39. The molecule has 3 N–H and O–H groups in total. The van der Waals surface area contributed by atoms with Crippen molar-refractivity contribution in [2.24, 2.45) is 0 Å². The molecule has 0 unspecified atom stereocenters. The molecule has 0 aliphatic carbocycles. The zero-order chi connectivity index (χ0) is 9.19. The zero-order valence-electron chi connectivity index (χ0n) is 7.63. The van der Waals surface area contributed by atoms with Gasteiger partial charge in [-0.3, -0.25) is 0 Å². The number of nitrogens with two attached hydrogens (primary N) is 1. The van der Waals surface area contributed by atoms with Gasteiger partial charge in [0, 0.05) is 5.54 Å². The highest BCUT2D eigenvalue weighted by Crippen LogP contribution is 2.10. The molecular weight excluding hydrogens is 152 g/mol. The van der Waals surface area contributed by atoms with Crippen LogP contribution in [0, 0.1) is 0 Å². The fourth-order valence-electron chi connectivity index (χ4n) is 0.793. The molecule has 12 heavy (non-hydrogen) atoms. The first-order valence-electron chi connectivity index (χ1n) is 3.85. The van der Waals surface area contributed by atoms with E-state index in [0.717, 1.165) is 5.82 Å². The molecule has 1 rings (SSSR count). The van der Waals surface area contributed by atoms with Crippen molar-refractivity contribution in [1.82, 2.24) is 10.2 Å². The van der Waals surface area contributed by atoms with Crippen molar-refractivity contribution in [3.63, 3.8) is 0 Å². The summed E-state index contributed by atoms with van der Waals surface area (Å²) < 4.78 is 0. The zero-order valence-corrected chi connectivity index (χ0v) is 7.63. The van der Waals surface area contributed by atoms with Crippen LogP contribution in [-0.2, 0) is 0 Å². The van der Waals surface area contributed by atoms with E-state index >= 15 is 0 Å². The average molecular weight is 166 g/mol. The van der Waals surface area contributed by atoms with Crippen molar-refractivity contribution in [3.05, 3.63) is 12.1 Å². The lowest BCUT2D eigenvalue weighted by Gasteiger charge is -2.20. The molecule has 1 heterocycles. The largest absolute Gasteiger partial charge is 0.382 e. The minimum Gasteiger partial charge on any atom is -0.382 e. The fraction of sp³-hybridized carbons (Fsp3) is 0.500. The van der Waals surface area contributed by atoms with Crippen LogP contribution in [0.1, 0.15) is 20.8 Å². The van der Waals surface area contributed by atoms with E-state index in [1.54, 1.807) is 6.07 Å². The van der Waals surface area contributed by atoms with E-state index in [1.165, 1.54) is 0 Å². The Morgan fingerprint density at radius 1 is 1.25 bits per heavy atom. The monoisotopic (exact) mass is 166 g/mol. The molecule has 0 bridgehead atoms. The molecule has 0 aliphatic rings. The number of rotatable bonds is 1. The summed E-state index contributed by atoms with van der Waals surface area (Å²) >= 11 is 0. The van der Waals surface area contributed by atoms with E-state index < -0.39 is 0 Å². The lowest BCUT2D eigenvalue weighted by atomic mass is 10.1. The molecule has 0 saturated carbocycles. The second-order valence-electron chi connectivity index (χ2n) is 3.72. The number of nitrogen functional groups attached to an aromatic ring is 1. The number of hydrogen-bond acceptors (Lipinski definition) is 4. The average Bonchev–Trinajstić information content (AvgIpc) is 1.91. The molecule has 0 fully saturated rings. The van der Waals surface area contributed by atoms with Gasteiger partial charge in [0.15, 0.2) is 0 Å². The van der Waals surface area contributed by atoms with E-state index in [2.05, 4.69) is 36.3 Å². The maximum Gasteiger partial charge on any atom is 0.149 e. The molecular formula is C8H14N4. The van der Waals surface area contributed by atoms with Gasteiger partial charge in [-0.2, -0.15) is 0 Å². The van der Waals surface area contributed by atoms with Crippen LogP contribution in [0.15, 0.2) is 12.1 Å². The van der Waals surface area contributed by atoms with Gasteiger partial charge in [-0.25, -0.2) is 0 Å². The van der Waals surface area contributed by atoms with Gasteiger partial charge in [0.2, 0.25) is 0 Å². The summed E-state index contributed by atoms with van der Waals surface area (Å²) in [6, 6.07) is 3.54. The van der Waals surface area contributed by atoms with Crippen LogP contribution < -0.4 is 11.1 Å². The standard InChI is InChI=1S/C8H14N4/c1-8(2,3)10-7-5-4-6(9)11-12-7/h4-5H,1-3H3,(H2,9,11)(H,10,12). The van der Waals surface area contributed by atoms with Crippen molar-refractivity contribution < 1.29 is 0 Å². The first-order valence-corrected chi connectivity index (χ1v) is 3.85. The summed E-state index contributed by atoms with van der Waals surface area (Å²) in [7, 11) is 0. The third-order valence-electron chi connectivity index (χ3n) is 1.19. The maximum atomic E-state index is 5.39. The first-order chi connectivity index (χ1) is 5.47. The summed E-state index contributed by atoms with van der Waals surface area (Å²) in [4.78, 5) is 0. The fourth-order valence-corrected chi connectivity index (χ4v) is 0.793. The third-order valence-corrected chi connectivity index (χ3v) is 1.19. The summed E-state index contributed by atoms with van der Waals surface area (Å²) in [5.41, 5.74) is 5.39. The van der Waals surface area contributed by atoms with Crippen LogP contribution in [0.3, 0.4) is 0 Å². The Labute approximate surface area is 72.2 Å². The van der Waals surface area contributed by atoms with E-state index in [-0.39, 0.29) is 5.54 Å². The van der Waals surface area contributed by atoms with Crippen molar-refractivity contribution in [3.8, 4) is 0 Å². The van der Waals surface area contributed by atoms with E-state index in [9.17, 15) is 0 Å². The van der Waals surface area contributed by atoms with Crippen molar-refractivity contribution in [2.75, 3.05) is 11.1 Å². The Balaban J connectivity index is 2.71. The highest BCUT2D eigenvalue weighted by atomic mass is 15.2. The molecule has 0 spiro atoms. The summed E-state index contributed by atoms with van der Waals surface area (Å²) in [6.45, 7) is 6.18. The van der Waals surface area contributed by atoms with Crippen LogP contribution in [0.2, 0.25) is 0 Å². The molecule has 0 amide bonds. The summed E-state index contributed by atoms with van der Waals surface area (Å²) in [5, 5.41) is 10.8. The molecule has 66 valence electrons. The number of anilines is 2. The van der Waals surface area contributed by atoms with Gasteiger partial charge < -0.3 is 11.1 Å². The highest BCUT2D eigenvalue weighted by Gasteiger charge is 2.09. The summed E-state index contributed by atoms with van der Waals surface area (Å²) in [5.74, 6) is 1.19.